The fraction of sp³-hybridized carbons (Fsp3) is 0.526. The third kappa shape index (κ3) is 3.94. The second-order valence-corrected chi connectivity index (χ2v) is 7.19. The molecule has 1 amide bonds. The van der Waals surface area contributed by atoms with E-state index >= 15 is 0 Å². The summed E-state index contributed by atoms with van der Waals surface area (Å²) in [4.78, 5) is 24.9. The van der Waals surface area contributed by atoms with E-state index in [1.807, 2.05) is 25.1 Å². The maximum Gasteiger partial charge on any atom is 0.222 e. The number of anilines is 1. The Labute approximate surface area is 153 Å². The molecule has 0 radical (unpaired) electrons. The topological polar surface area (TPSA) is 95.6 Å². The zero-order valence-corrected chi connectivity index (χ0v) is 15.5. The van der Waals surface area contributed by atoms with Crippen molar-refractivity contribution >= 4 is 22.6 Å². The molecular weight excluding hydrogens is 330 g/mol. The lowest BCUT2D eigenvalue weighted by atomic mass is 10.0. The van der Waals surface area contributed by atoms with Crippen LogP contribution in [-0.2, 0) is 4.79 Å². The molecule has 1 aliphatic heterocycles. The van der Waals surface area contributed by atoms with Gasteiger partial charge in [-0.3, -0.25) is 9.78 Å². The fourth-order valence-corrected chi connectivity index (χ4v) is 3.53. The first-order valence-electron chi connectivity index (χ1n) is 9.06. The molecule has 0 bridgehead atoms. The van der Waals surface area contributed by atoms with Gasteiger partial charge in [0.05, 0.1) is 17.7 Å². The summed E-state index contributed by atoms with van der Waals surface area (Å²) in [5.74, 6) is 0.0222. The van der Waals surface area contributed by atoms with Crippen LogP contribution in [0.2, 0.25) is 0 Å². The van der Waals surface area contributed by atoms with Gasteiger partial charge in [-0.15, -0.1) is 0 Å². The Bertz CT molecular complexity index is 797. The van der Waals surface area contributed by atoms with Crippen LogP contribution < -0.4 is 10.6 Å². The van der Waals surface area contributed by atoms with Gasteiger partial charge in [0.25, 0.3) is 0 Å². The highest BCUT2D eigenvalue weighted by molar-refractivity contribution is 5.88. The monoisotopic (exact) mass is 357 g/mol. The lowest BCUT2D eigenvalue weighted by molar-refractivity contribution is -0.132. The van der Waals surface area contributed by atoms with Gasteiger partial charge in [-0.1, -0.05) is 0 Å². The number of amides is 1. The van der Waals surface area contributed by atoms with Gasteiger partial charge in [0.15, 0.2) is 0 Å². The minimum absolute atomic E-state index is 0.0222. The Morgan fingerprint density at radius 3 is 3.00 bits per heavy atom. The molecule has 3 N–H and O–H groups in total. The number of carbonyl (C=O) groups is 1. The molecule has 2 aromatic rings. The van der Waals surface area contributed by atoms with Crippen molar-refractivity contribution in [3.05, 3.63) is 30.1 Å². The number of β-amino-alcohol motifs (C(OH)–C–C–N with tert-alkyl or cyclic N) is 1. The van der Waals surface area contributed by atoms with E-state index in [4.69, 9.17) is 5.73 Å². The minimum Gasteiger partial charge on any atom is -0.386 e. The molecule has 0 saturated carbocycles. The first-order chi connectivity index (χ1) is 12.4. The van der Waals surface area contributed by atoms with Crippen LogP contribution in [0.15, 0.2) is 24.4 Å². The summed E-state index contributed by atoms with van der Waals surface area (Å²) in [6.45, 7) is 3.96. The van der Waals surface area contributed by atoms with E-state index in [1.165, 1.54) is 0 Å². The Morgan fingerprint density at radius 2 is 2.23 bits per heavy atom. The van der Waals surface area contributed by atoms with E-state index in [1.54, 1.807) is 18.1 Å². The van der Waals surface area contributed by atoms with Crippen molar-refractivity contribution in [1.82, 2.24) is 14.9 Å². The van der Waals surface area contributed by atoms with Crippen LogP contribution in [0.5, 0.6) is 0 Å². The highest BCUT2D eigenvalue weighted by Gasteiger charge is 2.38. The highest BCUT2D eigenvalue weighted by Crippen LogP contribution is 2.31. The molecule has 7 nitrogen and oxygen atoms in total. The second-order valence-electron chi connectivity index (χ2n) is 7.19. The van der Waals surface area contributed by atoms with Gasteiger partial charge in [-0.25, -0.2) is 4.98 Å². The van der Waals surface area contributed by atoms with Crippen molar-refractivity contribution in [2.24, 2.45) is 5.73 Å². The third-order valence-electron chi connectivity index (χ3n) is 4.93. The summed E-state index contributed by atoms with van der Waals surface area (Å²) >= 11 is 0. The molecule has 140 valence electrons. The summed E-state index contributed by atoms with van der Waals surface area (Å²) < 4.78 is 0. The van der Waals surface area contributed by atoms with Crippen molar-refractivity contribution < 1.29 is 9.90 Å². The second kappa shape index (κ2) is 7.55. The number of hydrogen-bond donors (Lipinski definition) is 2. The molecule has 0 unspecified atom stereocenters. The van der Waals surface area contributed by atoms with Crippen LogP contribution in [0.3, 0.4) is 0 Å². The smallest absolute Gasteiger partial charge is 0.222 e. The number of pyridine rings is 2. The normalized spacial score (nSPS) is 19.9. The minimum atomic E-state index is -0.924. The summed E-state index contributed by atoms with van der Waals surface area (Å²) in [6.07, 6.45) is 3.47. The quantitative estimate of drug-likeness (QED) is 0.803. The number of nitrogens with zero attached hydrogens (tertiary/aromatic N) is 4. The molecule has 1 atom stereocenters. The number of nitrogens with two attached hydrogens (primary N) is 1. The zero-order chi connectivity index (χ0) is 18.7. The van der Waals surface area contributed by atoms with Crippen molar-refractivity contribution in [2.45, 2.75) is 31.8 Å². The number of hydrogen-bond acceptors (Lipinski definition) is 6. The number of likely N-dealkylation sites (N-methyl/N-ethyl adjacent to an activating group) is 1. The van der Waals surface area contributed by atoms with Gasteiger partial charge in [0.2, 0.25) is 5.91 Å². The Kier molecular flexibility index (Phi) is 5.38. The van der Waals surface area contributed by atoms with Gasteiger partial charge in [0.1, 0.15) is 11.1 Å². The molecule has 2 aromatic heterocycles. The Hall–Kier alpha value is -2.25. The summed E-state index contributed by atoms with van der Waals surface area (Å²) in [5.41, 5.74) is 8.15. The van der Waals surface area contributed by atoms with Crippen molar-refractivity contribution in [3.63, 3.8) is 0 Å². The van der Waals surface area contributed by atoms with Crippen molar-refractivity contribution in [1.29, 1.82) is 0 Å². The molecule has 26 heavy (non-hydrogen) atoms. The molecule has 1 saturated heterocycles. The number of fused-ring (bicyclic) bond motifs is 1. The van der Waals surface area contributed by atoms with Gasteiger partial charge in [0, 0.05) is 38.4 Å². The predicted molar refractivity (Wildman–Crippen MR) is 102 cm³/mol. The Morgan fingerprint density at radius 1 is 1.42 bits per heavy atom. The van der Waals surface area contributed by atoms with E-state index in [2.05, 4.69) is 14.9 Å². The molecular formula is C19H27N5O2. The van der Waals surface area contributed by atoms with Gasteiger partial charge >= 0.3 is 0 Å². The number of rotatable bonds is 6. The van der Waals surface area contributed by atoms with E-state index in [-0.39, 0.29) is 5.91 Å². The largest absolute Gasteiger partial charge is 0.386 e. The van der Waals surface area contributed by atoms with Gasteiger partial charge in [-0.2, -0.15) is 0 Å². The predicted octanol–water partition coefficient (Wildman–Crippen LogP) is 1.08. The van der Waals surface area contributed by atoms with Crippen LogP contribution in [-0.4, -0.2) is 64.7 Å². The molecule has 0 spiro atoms. The van der Waals surface area contributed by atoms with Crippen LogP contribution >= 0.6 is 0 Å². The lowest BCUT2D eigenvalue weighted by Crippen LogP contribution is -2.45. The molecule has 3 rings (SSSR count). The van der Waals surface area contributed by atoms with Gasteiger partial charge < -0.3 is 20.6 Å². The van der Waals surface area contributed by atoms with Crippen molar-refractivity contribution in [2.75, 3.05) is 38.1 Å². The summed E-state index contributed by atoms with van der Waals surface area (Å²) in [6, 6.07) is 5.85. The Balaban J connectivity index is 1.74. The molecule has 1 fully saturated rings. The standard InChI is InChI=1S/C19H27N5O2/c1-14-5-6-15-18(22-14)16(7-10-21-15)24-11-8-19(26,13-24)12-23(2)17(25)4-3-9-20/h5-7,10,26H,3-4,8-9,11-13,20H2,1-2H3/t19-/m1/s1. The molecule has 0 aromatic carbocycles. The first-order valence-corrected chi connectivity index (χ1v) is 9.06. The zero-order valence-electron chi connectivity index (χ0n) is 15.5. The molecule has 3 heterocycles. The van der Waals surface area contributed by atoms with E-state index in [0.717, 1.165) is 29.0 Å². The van der Waals surface area contributed by atoms with Crippen LogP contribution in [0.4, 0.5) is 5.69 Å². The maximum atomic E-state index is 12.1. The molecule has 1 aliphatic rings. The number of carbonyl (C=O) groups excluding carboxylic acids is 1. The lowest BCUT2D eigenvalue weighted by Gasteiger charge is -2.29. The third-order valence-corrected chi connectivity index (χ3v) is 4.93. The summed E-state index contributed by atoms with van der Waals surface area (Å²) in [5, 5.41) is 11.0. The number of aliphatic hydroxyl groups is 1. The average Bonchev–Trinajstić information content (AvgIpc) is 3.00. The van der Waals surface area contributed by atoms with Crippen LogP contribution in [0.1, 0.15) is 25.0 Å². The fourth-order valence-electron chi connectivity index (χ4n) is 3.53. The highest BCUT2D eigenvalue weighted by atomic mass is 16.3. The van der Waals surface area contributed by atoms with E-state index in [9.17, 15) is 9.90 Å². The number of aromatic nitrogens is 2. The summed E-state index contributed by atoms with van der Waals surface area (Å²) in [7, 11) is 1.74. The van der Waals surface area contributed by atoms with Gasteiger partial charge in [-0.05, 0) is 44.5 Å². The SMILES string of the molecule is Cc1ccc2nccc(N3CC[C@@](O)(CN(C)C(=O)CCCN)C3)c2n1. The van der Waals surface area contributed by atoms with E-state index in [0.29, 0.717) is 38.9 Å². The number of aryl methyl sites for hydroxylation is 1. The van der Waals surface area contributed by atoms with Crippen molar-refractivity contribution in [3.8, 4) is 0 Å². The molecule has 7 heteroatoms. The first kappa shape index (κ1) is 18.5. The molecule has 0 aliphatic carbocycles. The van der Waals surface area contributed by atoms with E-state index < -0.39 is 5.60 Å². The maximum absolute atomic E-state index is 12.1. The van der Waals surface area contributed by atoms with Crippen LogP contribution in [0.25, 0.3) is 11.0 Å². The average molecular weight is 357 g/mol. The van der Waals surface area contributed by atoms with Crippen LogP contribution in [0, 0.1) is 6.92 Å².